The zero-order valence-electron chi connectivity index (χ0n) is 10.0. The maximum atomic E-state index is 4.39. The largest absolute Gasteiger partial charge is 0.358 e. The highest BCUT2D eigenvalue weighted by Gasteiger charge is 2.15. The zero-order valence-corrected chi connectivity index (χ0v) is 12.4. The van der Waals surface area contributed by atoms with Crippen molar-refractivity contribution in [3.63, 3.8) is 0 Å². The molecule has 96 valence electrons. The topological polar surface area (TPSA) is 28.2 Å². The fourth-order valence-corrected chi connectivity index (χ4v) is 2.33. The number of rotatable bonds is 3. The lowest BCUT2D eigenvalue weighted by Gasteiger charge is -2.28. The molecule has 3 nitrogen and oxygen atoms in total. The van der Waals surface area contributed by atoms with E-state index in [1.54, 1.807) is 0 Å². The van der Waals surface area contributed by atoms with E-state index >= 15 is 0 Å². The summed E-state index contributed by atoms with van der Waals surface area (Å²) >= 11 is 3.40. The van der Waals surface area contributed by atoms with Gasteiger partial charge in [-0.2, -0.15) is 0 Å². The van der Waals surface area contributed by atoms with Crippen LogP contribution < -0.4 is 10.2 Å². The van der Waals surface area contributed by atoms with Crippen molar-refractivity contribution in [2.24, 2.45) is 0 Å². The van der Waals surface area contributed by atoms with Gasteiger partial charge in [0.2, 0.25) is 0 Å². The van der Waals surface area contributed by atoms with Crippen LogP contribution in [0.5, 0.6) is 0 Å². The Bertz CT molecular complexity index is 325. The van der Waals surface area contributed by atoms with Crippen LogP contribution in [0.1, 0.15) is 19.3 Å². The third-order valence-electron chi connectivity index (χ3n) is 3.01. The van der Waals surface area contributed by atoms with E-state index in [-0.39, 0.29) is 12.4 Å². The minimum absolute atomic E-state index is 0. The highest BCUT2D eigenvalue weighted by molar-refractivity contribution is 9.10. The van der Waals surface area contributed by atoms with Gasteiger partial charge in [-0.3, -0.25) is 0 Å². The van der Waals surface area contributed by atoms with Crippen molar-refractivity contribution < 1.29 is 0 Å². The maximum absolute atomic E-state index is 4.39. The normalized spacial score (nSPS) is 19.5. The number of hydrogen-bond acceptors (Lipinski definition) is 3. The van der Waals surface area contributed by atoms with Crippen molar-refractivity contribution in [1.29, 1.82) is 0 Å². The van der Waals surface area contributed by atoms with E-state index in [9.17, 15) is 0 Å². The fraction of sp³-hybridized carbons (Fsp3) is 0.583. The van der Waals surface area contributed by atoms with Gasteiger partial charge in [0.25, 0.3) is 0 Å². The van der Waals surface area contributed by atoms with E-state index in [4.69, 9.17) is 0 Å². The molecule has 0 radical (unpaired) electrons. The molecule has 0 bridgehead atoms. The summed E-state index contributed by atoms with van der Waals surface area (Å²) in [5, 5.41) is 3.55. The van der Waals surface area contributed by atoms with Gasteiger partial charge in [0.15, 0.2) is 0 Å². The summed E-state index contributed by atoms with van der Waals surface area (Å²) in [4.78, 5) is 6.61. The fourth-order valence-electron chi connectivity index (χ4n) is 2.10. The van der Waals surface area contributed by atoms with Crippen LogP contribution in [-0.2, 0) is 0 Å². The van der Waals surface area contributed by atoms with Gasteiger partial charge in [-0.1, -0.05) is 6.42 Å². The first kappa shape index (κ1) is 14.7. The zero-order chi connectivity index (χ0) is 11.4. The highest BCUT2D eigenvalue weighted by atomic mass is 79.9. The monoisotopic (exact) mass is 319 g/mol. The molecule has 1 unspecified atom stereocenters. The molecule has 0 saturated carbocycles. The van der Waals surface area contributed by atoms with Gasteiger partial charge in [-0.15, -0.1) is 12.4 Å². The standard InChI is InChI=1S/C12H18BrN3.ClH/c1-16(9-11-4-2-3-7-14-11)12-6-5-10(13)8-15-12;/h5-6,8,11,14H,2-4,7,9H2,1H3;1H. The predicted octanol–water partition coefficient (Wildman–Crippen LogP) is 2.84. The Morgan fingerprint density at radius 1 is 1.47 bits per heavy atom. The summed E-state index contributed by atoms with van der Waals surface area (Å²) in [5.74, 6) is 1.04. The lowest BCUT2D eigenvalue weighted by molar-refractivity contribution is 0.403. The molecule has 1 aliphatic rings. The Labute approximate surface area is 118 Å². The second-order valence-corrected chi connectivity index (χ2v) is 5.28. The van der Waals surface area contributed by atoms with Crippen LogP contribution >= 0.6 is 28.3 Å². The quantitative estimate of drug-likeness (QED) is 0.928. The van der Waals surface area contributed by atoms with E-state index in [1.165, 1.54) is 19.3 Å². The van der Waals surface area contributed by atoms with Gasteiger partial charge in [-0.25, -0.2) is 4.98 Å². The molecule has 0 spiro atoms. The SMILES string of the molecule is CN(CC1CCCCN1)c1ccc(Br)cn1.Cl. The third-order valence-corrected chi connectivity index (χ3v) is 3.48. The van der Waals surface area contributed by atoms with Gasteiger partial charge in [0.05, 0.1) is 0 Å². The minimum Gasteiger partial charge on any atom is -0.358 e. The third kappa shape index (κ3) is 4.45. The lowest BCUT2D eigenvalue weighted by Crippen LogP contribution is -2.42. The van der Waals surface area contributed by atoms with Gasteiger partial charge in [0, 0.05) is 30.3 Å². The van der Waals surface area contributed by atoms with Crippen LogP contribution in [0.4, 0.5) is 5.82 Å². The molecule has 1 aromatic rings. The number of anilines is 1. The number of hydrogen-bond donors (Lipinski definition) is 1. The van der Waals surface area contributed by atoms with Crippen LogP contribution in [0.3, 0.4) is 0 Å². The summed E-state index contributed by atoms with van der Waals surface area (Å²) in [6.45, 7) is 2.20. The first-order valence-electron chi connectivity index (χ1n) is 5.82. The predicted molar refractivity (Wildman–Crippen MR) is 78.1 cm³/mol. The average Bonchev–Trinajstić information content (AvgIpc) is 2.31. The van der Waals surface area contributed by atoms with Crippen molar-refractivity contribution in [2.45, 2.75) is 25.3 Å². The Morgan fingerprint density at radius 3 is 2.88 bits per heavy atom. The number of likely N-dealkylation sites (N-methyl/N-ethyl adjacent to an activating group) is 1. The molecule has 17 heavy (non-hydrogen) atoms. The Hall–Kier alpha value is -0.320. The second kappa shape index (κ2) is 7.19. The molecule has 1 saturated heterocycles. The van der Waals surface area contributed by atoms with E-state index in [2.05, 4.69) is 38.2 Å². The molecule has 1 aromatic heterocycles. The van der Waals surface area contributed by atoms with Crippen LogP contribution in [0, 0.1) is 0 Å². The minimum atomic E-state index is 0. The number of halogens is 2. The molecule has 5 heteroatoms. The Morgan fingerprint density at radius 2 is 2.29 bits per heavy atom. The second-order valence-electron chi connectivity index (χ2n) is 4.36. The van der Waals surface area contributed by atoms with Gasteiger partial charge in [0.1, 0.15) is 5.82 Å². The molecule has 1 aliphatic heterocycles. The van der Waals surface area contributed by atoms with Crippen molar-refractivity contribution in [3.8, 4) is 0 Å². The van der Waals surface area contributed by atoms with Crippen LogP contribution in [-0.4, -0.2) is 31.2 Å². The van der Waals surface area contributed by atoms with Gasteiger partial charge >= 0.3 is 0 Å². The van der Waals surface area contributed by atoms with E-state index in [0.29, 0.717) is 6.04 Å². The molecule has 1 fully saturated rings. The highest BCUT2D eigenvalue weighted by Crippen LogP contribution is 2.15. The lowest BCUT2D eigenvalue weighted by atomic mass is 10.0. The van der Waals surface area contributed by atoms with Crippen molar-refractivity contribution >= 4 is 34.2 Å². The molecule has 0 aliphatic carbocycles. The number of nitrogens with one attached hydrogen (secondary N) is 1. The summed E-state index contributed by atoms with van der Waals surface area (Å²) in [6, 6.07) is 4.70. The van der Waals surface area contributed by atoms with E-state index < -0.39 is 0 Å². The molecule has 1 atom stereocenters. The first-order chi connectivity index (χ1) is 7.75. The Kier molecular flexibility index (Phi) is 6.23. The van der Waals surface area contributed by atoms with Crippen molar-refractivity contribution in [3.05, 3.63) is 22.8 Å². The first-order valence-corrected chi connectivity index (χ1v) is 6.61. The summed E-state index contributed by atoms with van der Waals surface area (Å²) in [7, 11) is 2.10. The molecule has 2 heterocycles. The number of nitrogens with zero attached hydrogens (tertiary/aromatic N) is 2. The van der Waals surface area contributed by atoms with Crippen LogP contribution in [0.25, 0.3) is 0 Å². The average molecular weight is 321 g/mol. The number of aromatic nitrogens is 1. The molecule has 0 amide bonds. The number of pyridine rings is 1. The number of piperidine rings is 1. The van der Waals surface area contributed by atoms with Gasteiger partial charge < -0.3 is 10.2 Å². The van der Waals surface area contributed by atoms with E-state index in [1.807, 2.05) is 18.3 Å². The molecule has 1 N–H and O–H groups in total. The smallest absolute Gasteiger partial charge is 0.128 e. The van der Waals surface area contributed by atoms with E-state index in [0.717, 1.165) is 23.4 Å². The molecule has 2 rings (SSSR count). The molecular weight excluding hydrogens is 302 g/mol. The van der Waals surface area contributed by atoms with Crippen LogP contribution in [0.2, 0.25) is 0 Å². The van der Waals surface area contributed by atoms with Crippen molar-refractivity contribution in [2.75, 3.05) is 25.0 Å². The summed E-state index contributed by atoms with van der Waals surface area (Å²) < 4.78 is 1.03. The van der Waals surface area contributed by atoms with Crippen LogP contribution in [0.15, 0.2) is 22.8 Å². The molecule has 0 aromatic carbocycles. The summed E-state index contributed by atoms with van der Waals surface area (Å²) in [5.41, 5.74) is 0. The Balaban J connectivity index is 0.00000144. The van der Waals surface area contributed by atoms with Crippen molar-refractivity contribution in [1.82, 2.24) is 10.3 Å². The van der Waals surface area contributed by atoms with Gasteiger partial charge in [-0.05, 0) is 47.4 Å². The maximum Gasteiger partial charge on any atom is 0.128 e. The summed E-state index contributed by atoms with van der Waals surface area (Å²) in [6.07, 6.45) is 5.79. The molecular formula is C12H19BrClN3.